The van der Waals surface area contributed by atoms with Crippen LogP contribution in [0.1, 0.15) is 54.9 Å². The van der Waals surface area contributed by atoms with Gasteiger partial charge < -0.3 is 4.74 Å². The zero-order chi connectivity index (χ0) is 13.7. The Kier molecular flexibility index (Phi) is 5.15. The summed E-state index contributed by atoms with van der Waals surface area (Å²) < 4.78 is 5.81. The topological polar surface area (TPSA) is 26.3 Å². The van der Waals surface area contributed by atoms with Crippen molar-refractivity contribution in [3.05, 3.63) is 35.4 Å². The van der Waals surface area contributed by atoms with Gasteiger partial charge in [0.25, 0.3) is 0 Å². The zero-order valence-corrected chi connectivity index (χ0v) is 12.0. The van der Waals surface area contributed by atoms with E-state index >= 15 is 0 Å². The van der Waals surface area contributed by atoms with Crippen molar-refractivity contribution in [2.45, 2.75) is 52.1 Å². The first-order valence-corrected chi connectivity index (χ1v) is 7.40. The molecule has 19 heavy (non-hydrogen) atoms. The number of hydrogen-bond acceptors (Lipinski definition) is 2. The molecule has 0 heterocycles. The van der Waals surface area contributed by atoms with Crippen LogP contribution in [0, 0.1) is 12.8 Å². The number of carbonyl (C=O) groups excluding carboxylic acids is 1. The van der Waals surface area contributed by atoms with Crippen molar-refractivity contribution < 1.29 is 9.53 Å². The zero-order valence-electron chi connectivity index (χ0n) is 12.0. The monoisotopic (exact) mass is 260 g/mol. The number of benzene rings is 1. The number of Topliss-reactive ketones (excluding diaryl/α,β-unsaturated/α-hetero) is 1. The van der Waals surface area contributed by atoms with Crippen molar-refractivity contribution in [3.8, 4) is 0 Å². The first kappa shape index (κ1) is 14.3. The van der Waals surface area contributed by atoms with Crippen LogP contribution >= 0.6 is 0 Å². The SMILES string of the molecule is CCC1CCCC(OCC(=O)c2ccc(C)cc2)C1. The summed E-state index contributed by atoms with van der Waals surface area (Å²) in [6, 6.07) is 7.72. The average molecular weight is 260 g/mol. The highest BCUT2D eigenvalue weighted by molar-refractivity contribution is 5.97. The lowest BCUT2D eigenvalue weighted by molar-refractivity contribution is 0.0156. The van der Waals surface area contributed by atoms with E-state index in [-0.39, 0.29) is 18.5 Å². The van der Waals surface area contributed by atoms with E-state index < -0.39 is 0 Å². The van der Waals surface area contributed by atoms with Crippen LogP contribution in [0.5, 0.6) is 0 Å². The molecule has 2 rings (SSSR count). The third-order valence-corrected chi connectivity index (χ3v) is 4.14. The van der Waals surface area contributed by atoms with Gasteiger partial charge in [-0.15, -0.1) is 0 Å². The maximum Gasteiger partial charge on any atom is 0.188 e. The van der Waals surface area contributed by atoms with Crippen molar-refractivity contribution in [2.75, 3.05) is 6.61 Å². The Bertz CT molecular complexity index is 408. The Morgan fingerprint density at radius 2 is 2.00 bits per heavy atom. The molecule has 0 saturated heterocycles. The van der Waals surface area contributed by atoms with Gasteiger partial charge in [0.2, 0.25) is 0 Å². The fourth-order valence-electron chi connectivity index (χ4n) is 2.78. The summed E-state index contributed by atoms with van der Waals surface area (Å²) in [5.41, 5.74) is 1.93. The normalized spacial score (nSPS) is 23.3. The Labute approximate surface area is 116 Å². The van der Waals surface area contributed by atoms with Crippen molar-refractivity contribution in [3.63, 3.8) is 0 Å². The third kappa shape index (κ3) is 4.17. The largest absolute Gasteiger partial charge is 0.370 e. The summed E-state index contributed by atoms with van der Waals surface area (Å²) in [6.45, 7) is 4.49. The second-order valence-electron chi connectivity index (χ2n) is 5.66. The van der Waals surface area contributed by atoms with Gasteiger partial charge in [0.15, 0.2) is 5.78 Å². The summed E-state index contributed by atoms with van der Waals surface area (Å²) >= 11 is 0. The van der Waals surface area contributed by atoms with Crippen LogP contribution in [0.4, 0.5) is 0 Å². The standard InChI is InChI=1S/C17H24O2/c1-3-14-5-4-6-16(11-14)19-12-17(18)15-9-7-13(2)8-10-15/h7-10,14,16H,3-6,11-12H2,1-2H3. The van der Waals surface area contributed by atoms with Crippen LogP contribution in [0.25, 0.3) is 0 Å². The minimum absolute atomic E-state index is 0.0959. The van der Waals surface area contributed by atoms with E-state index in [0.29, 0.717) is 0 Å². The van der Waals surface area contributed by atoms with Gasteiger partial charge in [-0.25, -0.2) is 0 Å². The van der Waals surface area contributed by atoms with Gasteiger partial charge in [0.1, 0.15) is 6.61 Å². The molecular formula is C17H24O2. The number of rotatable bonds is 5. The number of aryl methyl sites for hydroxylation is 1. The highest BCUT2D eigenvalue weighted by Gasteiger charge is 2.22. The van der Waals surface area contributed by atoms with E-state index in [4.69, 9.17) is 4.74 Å². The molecular weight excluding hydrogens is 236 g/mol. The van der Waals surface area contributed by atoms with Gasteiger partial charge in [0, 0.05) is 5.56 Å². The third-order valence-electron chi connectivity index (χ3n) is 4.14. The molecule has 2 heteroatoms. The van der Waals surface area contributed by atoms with Crippen LogP contribution in [0.3, 0.4) is 0 Å². The molecule has 0 amide bonds. The maximum atomic E-state index is 12.0. The van der Waals surface area contributed by atoms with Gasteiger partial charge in [-0.1, -0.05) is 56.0 Å². The molecule has 2 atom stereocenters. The van der Waals surface area contributed by atoms with Crippen molar-refractivity contribution in [1.82, 2.24) is 0 Å². The summed E-state index contributed by atoms with van der Waals surface area (Å²) in [6.07, 6.45) is 6.30. The van der Waals surface area contributed by atoms with Crippen LogP contribution in [-0.4, -0.2) is 18.5 Å². The van der Waals surface area contributed by atoms with Crippen molar-refractivity contribution in [2.24, 2.45) is 5.92 Å². The lowest BCUT2D eigenvalue weighted by atomic mass is 9.85. The Balaban J connectivity index is 1.81. The highest BCUT2D eigenvalue weighted by atomic mass is 16.5. The van der Waals surface area contributed by atoms with E-state index in [9.17, 15) is 4.79 Å². The quantitative estimate of drug-likeness (QED) is 0.743. The molecule has 0 N–H and O–H groups in total. The highest BCUT2D eigenvalue weighted by Crippen LogP contribution is 2.28. The number of carbonyl (C=O) groups is 1. The fourth-order valence-corrected chi connectivity index (χ4v) is 2.78. The van der Waals surface area contributed by atoms with Gasteiger partial charge in [-0.3, -0.25) is 4.79 Å². The maximum absolute atomic E-state index is 12.0. The molecule has 1 aromatic carbocycles. The molecule has 0 aromatic heterocycles. The molecule has 1 fully saturated rings. The first-order chi connectivity index (χ1) is 9.19. The first-order valence-electron chi connectivity index (χ1n) is 7.40. The molecule has 0 spiro atoms. The predicted octanol–water partition coefficient (Wildman–Crippen LogP) is 4.16. The number of hydrogen-bond donors (Lipinski definition) is 0. The second kappa shape index (κ2) is 6.85. The van der Waals surface area contributed by atoms with Gasteiger partial charge in [-0.05, 0) is 25.7 Å². The molecule has 1 saturated carbocycles. The van der Waals surface area contributed by atoms with Crippen LogP contribution in [-0.2, 0) is 4.74 Å². The van der Waals surface area contributed by atoms with Gasteiger partial charge in [0.05, 0.1) is 6.10 Å². The summed E-state index contributed by atoms with van der Waals surface area (Å²) in [5.74, 6) is 0.881. The molecule has 0 radical (unpaired) electrons. The molecule has 1 aromatic rings. The molecule has 0 bridgehead atoms. The average Bonchev–Trinajstić information content (AvgIpc) is 2.46. The number of ether oxygens (including phenoxy) is 1. The Morgan fingerprint density at radius 3 is 2.68 bits per heavy atom. The second-order valence-corrected chi connectivity index (χ2v) is 5.66. The smallest absolute Gasteiger partial charge is 0.188 e. The van der Waals surface area contributed by atoms with E-state index in [2.05, 4.69) is 6.92 Å². The van der Waals surface area contributed by atoms with Gasteiger partial charge in [-0.2, -0.15) is 0 Å². The van der Waals surface area contributed by atoms with E-state index in [1.54, 1.807) is 0 Å². The minimum atomic E-state index is 0.0959. The van der Waals surface area contributed by atoms with Crippen LogP contribution in [0.2, 0.25) is 0 Å². The molecule has 1 aliphatic rings. The lowest BCUT2D eigenvalue weighted by Crippen LogP contribution is -2.25. The Morgan fingerprint density at radius 1 is 1.26 bits per heavy atom. The summed E-state index contributed by atoms with van der Waals surface area (Å²) in [4.78, 5) is 12.0. The lowest BCUT2D eigenvalue weighted by Gasteiger charge is -2.28. The van der Waals surface area contributed by atoms with Crippen molar-refractivity contribution >= 4 is 5.78 Å². The molecule has 2 nitrogen and oxygen atoms in total. The predicted molar refractivity (Wildman–Crippen MR) is 77.5 cm³/mol. The fraction of sp³-hybridized carbons (Fsp3) is 0.588. The summed E-state index contributed by atoms with van der Waals surface area (Å²) in [7, 11) is 0. The summed E-state index contributed by atoms with van der Waals surface area (Å²) in [5, 5.41) is 0. The molecule has 0 aliphatic heterocycles. The van der Waals surface area contributed by atoms with E-state index in [1.165, 1.54) is 24.8 Å². The van der Waals surface area contributed by atoms with Crippen molar-refractivity contribution in [1.29, 1.82) is 0 Å². The molecule has 1 aliphatic carbocycles. The van der Waals surface area contributed by atoms with Gasteiger partial charge >= 0.3 is 0 Å². The molecule has 2 unspecified atom stereocenters. The van der Waals surface area contributed by atoms with Crippen LogP contribution < -0.4 is 0 Å². The molecule has 104 valence electrons. The number of ketones is 1. The van der Waals surface area contributed by atoms with E-state index in [1.807, 2.05) is 31.2 Å². The Hall–Kier alpha value is -1.15. The minimum Gasteiger partial charge on any atom is -0.370 e. The van der Waals surface area contributed by atoms with E-state index in [0.717, 1.165) is 24.3 Å². The van der Waals surface area contributed by atoms with Crippen LogP contribution in [0.15, 0.2) is 24.3 Å².